The topological polar surface area (TPSA) is 97.8 Å². The number of amides is 2. The highest BCUT2D eigenvalue weighted by atomic mass is 16.6. The van der Waals surface area contributed by atoms with E-state index in [-0.39, 0.29) is 11.8 Å². The number of nitrogens with zero attached hydrogens (tertiary/aromatic N) is 2. The number of unbranched alkanes of at least 4 members (excludes halogenated alkanes) is 1. The average Bonchev–Trinajstić information content (AvgIpc) is 2.65. The van der Waals surface area contributed by atoms with E-state index in [4.69, 9.17) is 9.47 Å². The maximum Gasteiger partial charge on any atom is 0.416 e. The molecule has 2 amide bonds. The van der Waals surface area contributed by atoms with Gasteiger partial charge in [0.05, 0.1) is 0 Å². The number of alkyl carbamates (subject to hydrolysis) is 1. The summed E-state index contributed by atoms with van der Waals surface area (Å²) in [5.74, 6) is 0.417. The van der Waals surface area contributed by atoms with Crippen molar-refractivity contribution in [1.29, 1.82) is 0 Å². The number of anilines is 1. The van der Waals surface area contributed by atoms with Crippen molar-refractivity contribution in [3.05, 3.63) is 23.9 Å². The van der Waals surface area contributed by atoms with Crippen LogP contribution in [-0.4, -0.2) is 46.7 Å². The normalized spacial score (nSPS) is 12.6. The van der Waals surface area contributed by atoms with Crippen LogP contribution in [0.25, 0.3) is 0 Å². The first-order valence-corrected chi connectivity index (χ1v) is 11.2. The van der Waals surface area contributed by atoms with E-state index in [1.54, 1.807) is 32.9 Å². The molecule has 0 aliphatic rings. The predicted molar refractivity (Wildman–Crippen MR) is 125 cm³/mol. The molecule has 1 N–H and O–H groups in total. The molecule has 1 rings (SSSR count). The number of carbonyl (C=O) groups is 3. The van der Waals surface area contributed by atoms with Crippen molar-refractivity contribution in [2.24, 2.45) is 0 Å². The highest BCUT2D eigenvalue weighted by molar-refractivity contribution is 5.96. The zero-order valence-corrected chi connectivity index (χ0v) is 20.8. The first-order valence-electron chi connectivity index (χ1n) is 11.2. The molecule has 0 radical (unpaired) electrons. The molecule has 1 aromatic rings. The monoisotopic (exact) mass is 449 g/mol. The summed E-state index contributed by atoms with van der Waals surface area (Å²) in [7, 11) is 0. The Morgan fingerprint density at radius 2 is 1.66 bits per heavy atom. The zero-order chi connectivity index (χ0) is 24.5. The first-order chi connectivity index (χ1) is 14.7. The Labute approximate surface area is 192 Å². The van der Waals surface area contributed by atoms with Gasteiger partial charge in [-0.05, 0) is 79.9 Å². The van der Waals surface area contributed by atoms with Crippen LogP contribution in [0, 0.1) is 0 Å². The quantitative estimate of drug-likeness (QED) is 0.395. The Kier molecular flexibility index (Phi) is 10.1. The molecule has 0 aliphatic carbocycles. The van der Waals surface area contributed by atoms with Gasteiger partial charge in [-0.15, -0.1) is 0 Å². The molecule has 1 unspecified atom stereocenters. The molecule has 8 nitrogen and oxygen atoms in total. The van der Waals surface area contributed by atoms with Crippen LogP contribution < -0.4 is 10.2 Å². The Balaban J connectivity index is 2.62. The Morgan fingerprint density at radius 1 is 1.03 bits per heavy atom. The number of carbonyl (C=O) groups excluding carboxylic acids is 3. The number of pyridine rings is 1. The Hall–Kier alpha value is -2.64. The highest BCUT2D eigenvalue weighted by Crippen LogP contribution is 2.21. The van der Waals surface area contributed by atoms with Crippen LogP contribution in [-0.2, 0) is 9.47 Å². The molecule has 0 fully saturated rings. The van der Waals surface area contributed by atoms with Crippen LogP contribution in [0.3, 0.4) is 0 Å². The van der Waals surface area contributed by atoms with Gasteiger partial charge in [-0.2, -0.15) is 0 Å². The lowest BCUT2D eigenvalue weighted by molar-refractivity contribution is 0.0524. The SMILES string of the molecule is CCC(C)N(C(=O)OC(C)(C)C)c1ccc(C(=O)CCCCNC(=O)OC(C)(C)C)cn1. The third-order valence-corrected chi connectivity index (χ3v) is 4.44. The molecule has 0 saturated heterocycles. The van der Waals surface area contributed by atoms with Crippen molar-refractivity contribution >= 4 is 23.8 Å². The van der Waals surface area contributed by atoms with Crippen LogP contribution in [0.4, 0.5) is 15.4 Å². The van der Waals surface area contributed by atoms with Crippen LogP contribution in [0.15, 0.2) is 18.3 Å². The van der Waals surface area contributed by atoms with Gasteiger partial charge in [0.25, 0.3) is 0 Å². The summed E-state index contributed by atoms with van der Waals surface area (Å²) >= 11 is 0. The lowest BCUT2D eigenvalue weighted by Gasteiger charge is -2.30. The van der Waals surface area contributed by atoms with Gasteiger partial charge in [0.15, 0.2) is 5.78 Å². The van der Waals surface area contributed by atoms with Crippen molar-refractivity contribution in [1.82, 2.24) is 10.3 Å². The molecule has 0 aromatic carbocycles. The van der Waals surface area contributed by atoms with Gasteiger partial charge in [-0.25, -0.2) is 14.6 Å². The number of ketones is 1. The smallest absolute Gasteiger partial charge is 0.416 e. The second-order valence-electron chi connectivity index (χ2n) is 9.82. The molecule has 32 heavy (non-hydrogen) atoms. The van der Waals surface area contributed by atoms with Crippen molar-refractivity contribution in [2.45, 2.75) is 98.3 Å². The van der Waals surface area contributed by atoms with Gasteiger partial charge in [-0.3, -0.25) is 9.69 Å². The Bertz CT molecular complexity index is 763. The van der Waals surface area contributed by atoms with E-state index in [1.807, 2.05) is 34.6 Å². The Morgan fingerprint density at radius 3 is 2.16 bits per heavy atom. The summed E-state index contributed by atoms with van der Waals surface area (Å²) in [5.41, 5.74) is -0.660. The van der Waals surface area contributed by atoms with Crippen molar-refractivity contribution < 1.29 is 23.9 Å². The molecule has 0 aliphatic heterocycles. The third-order valence-electron chi connectivity index (χ3n) is 4.44. The number of aromatic nitrogens is 1. The molecular formula is C24H39N3O5. The minimum atomic E-state index is -0.614. The number of hydrogen-bond acceptors (Lipinski definition) is 6. The summed E-state index contributed by atoms with van der Waals surface area (Å²) in [5, 5.41) is 2.68. The molecule has 0 spiro atoms. The van der Waals surface area contributed by atoms with E-state index < -0.39 is 23.4 Å². The van der Waals surface area contributed by atoms with Crippen molar-refractivity contribution in [3.8, 4) is 0 Å². The second kappa shape index (κ2) is 11.8. The van der Waals surface area contributed by atoms with E-state index in [2.05, 4.69) is 10.3 Å². The largest absolute Gasteiger partial charge is 0.444 e. The van der Waals surface area contributed by atoms with Crippen molar-refractivity contribution in [3.63, 3.8) is 0 Å². The van der Waals surface area contributed by atoms with E-state index in [0.717, 1.165) is 6.42 Å². The van der Waals surface area contributed by atoms with Crippen LogP contribution in [0.1, 0.15) is 91.4 Å². The second-order valence-corrected chi connectivity index (χ2v) is 9.82. The lowest BCUT2D eigenvalue weighted by atomic mass is 10.1. The number of hydrogen-bond donors (Lipinski definition) is 1. The fourth-order valence-corrected chi connectivity index (χ4v) is 2.75. The predicted octanol–water partition coefficient (Wildman–Crippen LogP) is 5.50. The number of ether oxygens (including phenoxy) is 2. The van der Waals surface area contributed by atoms with Gasteiger partial charge in [-0.1, -0.05) is 6.92 Å². The van der Waals surface area contributed by atoms with Crippen LogP contribution in [0.5, 0.6) is 0 Å². The minimum absolute atomic E-state index is 0.0336. The van der Waals surface area contributed by atoms with Gasteiger partial charge in [0.2, 0.25) is 0 Å². The van der Waals surface area contributed by atoms with Crippen LogP contribution >= 0.6 is 0 Å². The summed E-state index contributed by atoms with van der Waals surface area (Å²) in [6.07, 6.45) is 2.95. The fraction of sp³-hybridized carbons (Fsp3) is 0.667. The minimum Gasteiger partial charge on any atom is -0.444 e. The summed E-state index contributed by atoms with van der Waals surface area (Å²) < 4.78 is 10.7. The summed E-state index contributed by atoms with van der Waals surface area (Å²) in [4.78, 5) is 42.6. The van der Waals surface area contributed by atoms with E-state index in [9.17, 15) is 14.4 Å². The van der Waals surface area contributed by atoms with Crippen molar-refractivity contribution in [2.75, 3.05) is 11.4 Å². The van der Waals surface area contributed by atoms with E-state index in [1.165, 1.54) is 11.1 Å². The summed E-state index contributed by atoms with van der Waals surface area (Å²) in [6, 6.07) is 3.26. The van der Waals surface area contributed by atoms with E-state index >= 15 is 0 Å². The zero-order valence-electron chi connectivity index (χ0n) is 20.8. The molecule has 8 heteroatoms. The molecule has 180 valence electrons. The van der Waals surface area contributed by atoms with Gasteiger partial charge < -0.3 is 14.8 Å². The molecule has 1 aromatic heterocycles. The lowest BCUT2D eigenvalue weighted by Crippen LogP contribution is -2.42. The molecular weight excluding hydrogens is 410 g/mol. The first kappa shape index (κ1) is 27.4. The van der Waals surface area contributed by atoms with Gasteiger partial charge in [0.1, 0.15) is 17.0 Å². The van der Waals surface area contributed by atoms with E-state index in [0.29, 0.717) is 37.2 Å². The number of rotatable bonds is 9. The molecule has 0 bridgehead atoms. The summed E-state index contributed by atoms with van der Waals surface area (Å²) in [6.45, 7) is 15.2. The average molecular weight is 450 g/mol. The maximum absolute atomic E-state index is 12.7. The number of Topliss-reactive ketones (excluding diaryl/α,β-unsaturated/α-hetero) is 1. The maximum atomic E-state index is 12.7. The fourth-order valence-electron chi connectivity index (χ4n) is 2.75. The highest BCUT2D eigenvalue weighted by Gasteiger charge is 2.27. The standard InChI is InChI=1S/C24H39N3O5/c1-9-17(2)27(22(30)32-24(6,7)8)20-14-13-18(16-26-20)19(28)12-10-11-15-25-21(29)31-23(3,4)5/h13-14,16-17H,9-12,15H2,1-8H3,(H,25,29). The third kappa shape index (κ3) is 10.1. The van der Waals surface area contributed by atoms with Gasteiger partial charge >= 0.3 is 12.2 Å². The van der Waals surface area contributed by atoms with Crippen LogP contribution in [0.2, 0.25) is 0 Å². The van der Waals surface area contributed by atoms with Gasteiger partial charge in [0, 0.05) is 30.8 Å². The number of nitrogens with one attached hydrogen (secondary N) is 1. The molecule has 1 heterocycles. The molecule has 0 saturated carbocycles. The molecule has 1 atom stereocenters.